The molecule has 1 fully saturated rings. The van der Waals surface area contributed by atoms with E-state index in [4.69, 9.17) is 11.5 Å². The highest BCUT2D eigenvalue weighted by atomic mass is 16.1. The van der Waals surface area contributed by atoms with Crippen LogP contribution in [0.3, 0.4) is 0 Å². The Morgan fingerprint density at radius 1 is 1.41 bits per heavy atom. The predicted octanol–water partition coefficient (Wildman–Crippen LogP) is 1.09. The number of amides is 1. The molecule has 0 aromatic heterocycles. The van der Waals surface area contributed by atoms with Gasteiger partial charge in [0, 0.05) is 0 Å². The van der Waals surface area contributed by atoms with E-state index < -0.39 is 0 Å². The van der Waals surface area contributed by atoms with Crippen molar-refractivity contribution < 1.29 is 4.79 Å². The number of carbonyl (C=O) groups is 1. The van der Waals surface area contributed by atoms with Crippen molar-refractivity contribution in [1.29, 1.82) is 0 Å². The van der Waals surface area contributed by atoms with Gasteiger partial charge >= 0.3 is 0 Å². The van der Waals surface area contributed by atoms with E-state index in [1.165, 1.54) is 6.42 Å². The van der Waals surface area contributed by atoms with Gasteiger partial charge in [0.25, 0.3) is 0 Å². The lowest BCUT2D eigenvalue weighted by atomic mass is 9.87. The Morgan fingerprint density at radius 2 is 2.12 bits per heavy atom. The van der Waals surface area contributed by atoms with Gasteiger partial charge in [0.1, 0.15) is 0 Å². The second-order valence-electron chi connectivity index (χ2n) is 5.92. The molecule has 0 spiro atoms. The van der Waals surface area contributed by atoms with Gasteiger partial charge < -0.3 is 11.5 Å². The molecule has 17 heavy (non-hydrogen) atoms. The molecule has 0 aromatic carbocycles. The molecule has 4 nitrogen and oxygen atoms in total. The van der Waals surface area contributed by atoms with E-state index in [0.717, 1.165) is 45.3 Å². The predicted molar refractivity (Wildman–Crippen MR) is 70.5 cm³/mol. The van der Waals surface area contributed by atoms with Crippen LogP contribution >= 0.6 is 0 Å². The molecule has 1 unspecified atom stereocenters. The Hall–Kier alpha value is -0.610. The van der Waals surface area contributed by atoms with Crippen LogP contribution in [0.2, 0.25) is 0 Å². The van der Waals surface area contributed by atoms with E-state index in [9.17, 15) is 4.79 Å². The maximum Gasteiger partial charge on any atom is 0.234 e. The largest absolute Gasteiger partial charge is 0.368 e. The van der Waals surface area contributed by atoms with E-state index in [-0.39, 0.29) is 17.4 Å². The van der Waals surface area contributed by atoms with Gasteiger partial charge in [0.05, 0.1) is 6.04 Å². The van der Waals surface area contributed by atoms with Crippen LogP contribution in [-0.2, 0) is 4.79 Å². The fourth-order valence-electron chi connectivity index (χ4n) is 2.44. The number of primary amides is 1. The monoisotopic (exact) mass is 241 g/mol. The Bertz CT molecular complexity index is 253. The standard InChI is InChI=1S/C13H27N3O/c1-13(2,10-14)7-3-4-8-16-9-5-6-11(16)12(15)17/h11H,3-10,14H2,1-2H3,(H2,15,17). The summed E-state index contributed by atoms with van der Waals surface area (Å²) in [6, 6.07) is -0.0162. The quantitative estimate of drug-likeness (QED) is 0.655. The first-order valence-corrected chi connectivity index (χ1v) is 6.70. The van der Waals surface area contributed by atoms with Crippen LogP contribution in [0.15, 0.2) is 0 Å². The molecule has 1 rings (SSSR count). The summed E-state index contributed by atoms with van der Waals surface area (Å²) >= 11 is 0. The lowest BCUT2D eigenvalue weighted by Gasteiger charge is -2.24. The maximum absolute atomic E-state index is 11.2. The summed E-state index contributed by atoms with van der Waals surface area (Å²) < 4.78 is 0. The van der Waals surface area contributed by atoms with Crippen molar-refractivity contribution in [3.63, 3.8) is 0 Å². The second-order valence-corrected chi connectivity index (χ2v) is 5.92. The van der Waals surface area contributed by atoms with Crippen LogP contribution in [0.1, 0.15) is 46.0 Å². The number of hydrogen-bond acceptors (Lipinski definition) is 3. The average Bonchev–Trinajstić information content (AvgIpc) is 2.73. The number of nitrogens with zero attached hydrogens (tertiary/aromatic N) is 1. The van der Waals surface area contributed by atoms with Crippen molar-refractivity contribution in [1.82, 2.24) is 4.90 Å². The van der Waals surface area contributed by atoms with Gasteiger partial charge in [0.2, 0.25) is 5.91 Å². The summed E-state index contributed by atoms with van der Waals surface area (Å²) in [5, 5.41) is 0. The van der Waals surface area contributed by atoms with Gasteiger partial charge in [-0.25, -0.2) is 0 Å². The zero-order valence-electron chi connectivity index (χ0n) is 11.2. The average molecular weight is 241 g/mol. The number of nitrogens with two attached hydrogens (primary N) is 2. The van der Waals surface area contributed by atoms with Crippen molar-refractivity contribution in [3.05, 3.63) is 0 Å². The summed E-state index contributed by atoms with van der Waals surface area (Å²) in [6.07, 6.45) is 5.49. The highest BCUT2D eigenvalue weighted by Crippen LogP contribution is 2.22. The molecule has 1 aliphatic rings. The molecule has 0 bridgehead atoms. The highest BCUT2D eigenvalue weighted by molar-refractivity contribution is 5.80. The molecule has 0 aromatic rings. The minimum absolute atomic E-state index is 0.0162. The van der Waals surface area contributed by atoms with Crippen molar-refractivity contribution >= 4 is 5.91 Å². The molecule has 1 heterocycles. The molecule has 0 saturated carbocycles. The Balaban J connectivity index is 2.20. The second kappa shape index (κ2) is 6.36. The van der Waals surface area contributed by atoms with E-state index in [0.29, 0.717) is 0 Å². The van der Waals surface area contributed by atoms with E-state index in [1.54, 1.807) is 0 Å². The number of rotatable bonds is 7. The first-order chi connectivity index (χ1) is 7.96. The van der Waals surface area contributed by atoms with Crippen molar-refractivity contribution in [2.24, 2.45) is 16.9 Å². The van der Waals surface area contributed by atoms with Crippen LogP contribution < -0.4 is 11.5 Å². The van der Waals surface area contributed by atoms with Crippen molar-refractivity contribution in [3.8, 4) is 0 Å². The van der Waals surface area contributed by atoms with Crippen LogP contribution in [0.25, 0.3) is 0 Å². The topological polar surface area (TPSA) is 72.3 Å². The zero-order chi connectivity index (χ0) is 12.9. The third-order valence-electron chi connectivity index (χ3n) is 3.79. The van der Waals surface area contributed by atoms with Crippen LogP contribution in [0.4, 0.5) is 0 Å². The molecule has 1 saturated heterocycles. The van der Waals surface area contributed by atoms with Crippen LogP contribution in [0, 0.1) is 5.41 Å². The first-order valence-electron chi connectivity index (χ1n) is 6.70. The van der Waals surface area contributed by atoms with Gasteiger partial charge in [-0.05, 0) is 50.7 Å². The Morgan fingerprint density at radius 3 is 2.71 bits per heavy atom. The highest BCUT2D eigenvalue weighted by Gasteiger charge is 2.28. The van der Waals surface area contributed by atoms with Crippen LogP contribution in [0.5, 0.6) is 0 Å². The smallest absolute Gasteiger partial charge is 0.234 e. The Kier molecular flexibility index (Phi) is 5.40. The number of carbonyl (C=O) groups excluding carboxylic acids is 1. The lowest BCUT2D eigenvalue weighted by molar-refractivity contribution is -0.122. The van der Waals surface area contributed by atoms with Gasteiger partial charge in [-0.2, -0.15) is 0 Å². The molecule has 1 atom stereocenters. The Labute approximate surface area is 105 Å². The van der Waals surface area contributed by atoms with Crippen molar-refractivity contribution in [2.75, 3.05) is 19.6 Å². The third-order valence-corrected chi connectivity index (χ3v) is 3.79. The first kappa shape index (κ1) is 14.5. The molecule has 1 aliphatic heterocycles. The molecule has 4 heteroatoms. The molecule has 1 amide bonds. The van der Waals surface area contributed by atoms with Crippen LogP contribution in [-0.4, -0.2) is 36.5 Å². The zero-order valence-corrected chi connectivity index (χ0v) is 11.2. The fourth-order valence-corrected chi connectivity index (χ4v) is 2.44. The molecule has 4 N–H and O–H groups in total. The lowest BCUT2D eigenvalue weighted by Crippen LogP contribution is -2.40. The van der Waals surface area contributed by atoms with Crippen molar-refractivity contribution in [2.45, 2.75) is 52.0 Å². The molecule has 100 valence electrons. The van der Waals surface area contributed by atoms with Gasteiger partial charge in [-0.15, -0.1) is 0 Å². The molecule has 0 aliphatic carbocycles. The summed E-state index contributed by atoms with van der Waals surface area (Å²) in [4.78, 5) is 13.4. The normalized spacial score (nSPS) is 21.9. The molecular formula is C13H27N3O. The maximum atomic E-state index is 11.2. The minimum Gasteiger partial charge on any atom is -0.368 e. The van der Waals surface area contributed by atoms with E-state index in [1.807, 2.05) is 0 Å². The molecule has 0 radical (unpaired) electrons. The number of likely N-dealkylation sites (tertiary alicyclic amines) is 1. The SMILES string of the molecule is CC(C)(CN)CCCCN1CCCC1C(N)=O. The third kappa shape index (κ3) is 4.64. The van der Waals surface area contributed by atoms with Gasteiger partial charge in [0.15, 0.2) is 0 Å². The number of hydrogen-bond donors (Lipinski definition) is 2. The fraction of sp³-hybridized carbons (Fsp3) is 0.923. The molecular weight excluding hydrogens is 214 g/mol. The van der Waals surface area contributed by atoms with E-state index in [2.05, 4.69) is 18.7 Å². The minimum atomic E-state index is -0.162. The number of unbranched alkanes of at least 4 members (excludes halogenated alkanes) is 1. The summed E-state index contributed by atoms with van der Waals surface area (Å²) in [7, 11) is 0. The summed E-state index contributed by atoms with van der Waals surface area (Å²) in [5.41, 5.74) is 11.3. The summed E-state index contributed by atoms with van der Waals surface area (Å²) in [6.45, 7) is 7.16. The van der Waals surface area contributed by atoms with Gasteiger partial charge in [-0.3, -0.25) is 9.69 Å². The van der Waals surface area contributed by atoms with Gasteiger partial charge in [-0.1, -0.05) is 20.3 Å². The summed E-state index contributed by atoms with van der Waals surface area (Å²) in [5.74, 6) is -0.162. The van der Waals surface area contributed by atoms with E-state index >= 15 is 0 Å².